The van der Waals surface area contributed by atoms with Crippen LogP contribution in [0.25, 0.3) is 10.9 Å². The summed E-state index contributed by atoms with van der Waals surface area (Å²) in [6.07, 6.45) is 1.81. The zero-order valence-electron chi connectivity index (χ0n) is 11.2. The Hall–Kier alpha value is -2.20. The number of aromatic amines is 1. The minimum atomic E-state index is -0.189. The third-order valence-corrected chi connectivity index (χ3v) is 3.55. The van der Waals surface area contributed by atoms with Crippen molar-refractivity contribution in [2.24, 2.45) is 0 Å². The van der Waals surface area contributed by atoms with Gasteiger partial charge in [-0.05, 0) is 18.2 Å². The fourth-order valence-corrected chi connectivity index (χ4v) is 2.46. The molecule has 1 aromatic heterocycles. The lowest BCUT2D eigenvalue weighted by Crippen LogP contribution is -2.27. The lowest BCUT2D eigenvalue weighted by Gasteiger charge is -2.21. The molecule has 3 nitrogen and oxygen atoms in total. The van der Waals surface area contributed by atoms with Crippen LogP contribution in [0.2, 0.25) is 0 Å². The molecule has 1 amide bonds. The van der Waals surface area contributed by atoms with Gasteiger partial charge in [-0.2, -0.15) is 0 Å². The predicted molar refractivity (Wildman–Crippen MR) is 88.0 cm³/mol. The van der Waals surface area contributed by atoms with E-state index in [4.69, 9.17) is 19.4 Å². The van der Waals surface area contributed by atoms with Gasteiger partial charge >= 0.3 is 0 Å². The van der Waals surface area contributed by atoms with E-state index in [0.29, 0.717) is 5.46 Å². The molecule has 21 heavy (non-hydrogen) atoms. The average Bonchev–Trinajstić information content (AvgIpc) is 2.93. The molecule has 0 atom stereocenters. The quantitative estimate of drug-likeness (QED) is 0.585. The Balaban J connectivity index is 2.16. The van der Waals surface area contributed by atoms with E-state index in [9.17, 15) is 4.79 Å². The number of nitrogens with zero attached hydrogens (tertiary/aromatic N) is 1. The van der Waals surface area contributed by atoms with E-state index >= 15 is 0 Å². The molecule has 0 fully saturated rings. The Bertz CT molecular complexity index is 782. The number of carbonyl (C=O) groups is 1. The van der Waals surface area contributed by atoms with Crippen LogP contribution in [0.4, 0.5) is 11.4 Å². The van der Waals surface area contributed by atoms with E-state index in [0.717, 1.165) is 22.3 Å². The van der Waals surface area contributed by atoms with Crippen LogP contribution < -0.4 is 10.4 Å². The number of alkyl halides is 1. The van der Waals surface area contributed by atoms with Crippen LogP contribution in [-0.2, 0) is 4.79 Å². The Morgan fingerprint density at radius 1 is 1.14 bits per heavy atom. The summed E-state index contributed by atoms with van der Waals surface area (Å²) in [4.78, 5) is 17.1. The molecule has 0 aliphatic rings. The average molecular weight is 295 g/mol. The van der Waals surface area contributed by atoms with Crippen molar-refractivity contribution in [1.29, 1.82) is 0 Å². The molecule has 0 saturated carbocycles. The van der Waals surface area contributed by atoms with E-state index in [2.05, 4.69) is 4.98 Å². The first-order valence-corrected chi connectivity index (χ1v) is 7.05. The lowest BCUT2D eigenvalue weighted by atomic mass is 9.96. The normalized spacial score (nSPS) is 10.7. The van der Waals surface area contributed by atoms with Crippen molar-refractivity contribution in [3.63, 3.8) is 0 Å². The van der Waals surface area contributed by atoms with Crippen molar-refractivity contribution < 1.29 is 4.79 Å². The predicted octanol–water partition coefficient (Wildman–Crippen LogP) is 2.87. The summed E-state index contributed by atoms with van der Waals surface area (Å²) >= 11 is 5.77. The third-order valence-electron chi connectivity index (χ3n) is 3.32. The van der Waals surface area contributed by atoms with Crippen LogP contribution in [0.1, 0.15) is 0 Å². The monoisotopic (exact) mass is 294 g/mol. The number of carbonyl (C=O) groups excluding carboxylic acids is 1. The summed E-state index contributed by atoms with van der Waals surface area (Å²) < 4.78 is 0. The van der Waals surface area contributed by atoms with E-state index < -0.39 is 0 Å². The Kier molecular flexibility index (Phi) is 3.71. The number of fused-ring (bicyclic) bond motifs is 1. The number of amides is 1. The molecule has 0 aliphatic carbocycles. The Labute approximate surface area is 128 Å². The SMILES string of the molecule is [B]c1ccc(N(C(=O)CCl)c2c[nH]c3ccccc23)cc1. The van der Waals surface area contributed by atoms with Gasteiger partial charge in [-0.3, -0.25) is 9.69 Å². The molecule has 0 bridgehead atoms. The molecule has 0 saturated heterocycles. The number of para-hydroxylation sites is 1. The van der Waals surface area contributed by atoms with Gasteiger partial charge in [0.1, 0.15) is 13.7 Å². The minimum absolute atomic E-state index is 0.0934. The van der Waals surface area contributed by atoms with E-state index in [1.807, 2.05) is 42.6 Å². The standard InChI is InChI=1S/C16H12BClN2O/c17-11-5-7-12(8-6-11)20(16(21)9-18)15-10-19-14-4-2-1-3-13(14)15/h1-8,10,19H,9H2. The third kappa shape index (κ3) is 2.54. The van der Waals surface area contributed by atoms with Crippen LogP contribution in [0.3, 0.4) is 0 Å². The second-order valence-corrected chi connectivity index (χ2v) is 4.94. The smallest absolute Gasteiger partial charge is 0.246 e. The molecular formula is C16H12BClN2O. The first-order chi connectivity index (χ1) is 10.2. The van der Waals surface area contributed by atoms with E-state index in [-0.39, 0.29) is 11.8 Å². The number of aromatic nitrogens is 1. The van der Waals surface area contributed by atoms with Gasteiger partial charge in [-0.25, -0.2) is 0 Å². The number of hydrogen-bond acceptors (Lipinski definition) is 1. The van der Waals surface area contributed by atoms with Crippen LogP contribution in [0.5, 0.6) is 0 Å². The van der Waals surface area contributed by atoms with Crippen molar-refractivity contribution in [2.45, 2.75) is 0 Å². The van der Waals surface area contributed by atoms with Crippen molar-refractivity contribution in [1.82, 2.24) is 4.98 Å². The fourth-order valence-electron chi connectivity index (χ4n) is 2.34. The number of halogens is 1. The Morgan fingerprint density at radius 2 is 1.86 bits per heavy atom. The van der Waals surface area contributed by atoms with E-state index in [1.165, 1.54) is 0 Å². The number of nitrogens with one attached hydrogen (secondary N) is 1. The zero-order valence-corrected chi connectivity index (χ0v) is 12.0. The molecule has 1 N–H and O–H groups in total. The van der Waals surface area contributed by atoms with Gasteiger partial charge < -0.3 is 4.98 Å². The highest BCUT2D eigenvalue weighted by Crippen LogP contribution is 2.32. The maximum Gasteiger partial charge on any atom is 0.246 e. The second kappa shape index (κ2) is 5.66. The summed E-state index contributed by atoms with van der Waals surface area (Å²) in [7, 11) is 5.71. The van der Waals surface area contributed by atoms with Crippen molar-refractivity contribution in [3.05, 3.63) is 54.7 Å². The Morgan fingerprint density at radius 3 is 2.57 bits per heavy atom. The molecule has 0 unspecified atom stereocenters. The largest absolute Gasteiger partial charge is 0.359 e. The van der Waals surface area contributed by atoms with Crippen LogP contribution >= 0.6 is 11.6 Å². The minimum Gasteiger partial charge on any atom is -0.359 e. The summed E-state index contributed by atoms with van der Waals surface area (Å²) in [6.45, 7) is 0. The van der Waals surface area contributed by atoms with Crippen molar-refractivity contribution in [2.75, 3.05) is 10.8 Å². The highest BCUT2D eigenvalue weighted by atomic mass is 35.5. The maximum atomic E-state index is 12.3. The molecule has 3 rings (SSSR count). The first-order valence-electron chi connectivity index (χ1n) is 6.51. The molecule has 5 heteroatoms. The van der Waals surface area contributed by atoms with E-state index in [1.54, 1.807) is 17.0 Å². The van der Waals surface area contributed by atoms with Crippen LogP contribution in [0.15, 0.2) is 54.7 Å². The molecule has 2 aromatic carbocycles. The molecule has 1 heterocycles. The molecule has 0 aliphatic heterocycles. The number of hydrogen-bond donors (Lipinski definition) is 1. The van der Waals surface area contributed by atoms with Gasteiger partial charge in [-0.15, -0.1) is 11.6 Å². The first kappa shape index (κ1) is 13.8. The number of H-pyrrole nitrogens is 1. The van der Waals surface area contributed by atoms with Gasteiger partial charge in [-0.1, -0.05) is 35.8 Å². The summed E-state index contributed by atoms with van der Waals surface area (Å²) in [6, 6.07) is 14.9. The summed E-state index contributed by atoms with van der Waals surface area (Å²) in [5, 5.41) is 0.966. The highest BCUT2D eigenvalue weighted by Gasteiger charge is 2.20. The highest BCUT2D eigenvalue weighted by molar-refractivity contribution is 6.32. The number of rotatable bonds is 3. The van der Waals surface area contributed by atoms with Crippen LogP contribution in [0, 0.1) is 0 Å². The lowest BCUT2D eigenvalue weighted by molar-refractivity contribution is -0.115. The fraction of sp³-hybridized carbons (Fsp3) is 0.0625. The van der Waals surface area contributed by atoms with Gasteiger partial charge in [0, 0.05) is 22.8 Å². The molecule has 3 aromatic rings. The van der Waals surface area contributed by atoms with Crippen molar-refractivity contribution >= 4 is 53.1 Å². The van der Waals surface area contributed by atoms with Gasteiger partial charge in [0.05, 0.1) is 5.69 Å². The number of anilines is 2. The van der Waals surface area contributed by atoms with Crippen LogP contribution in [-0.4, -0.2) is 24.6 Å². The maximum absolute atomic E-state index is 12.3. The summed E-state index contributed by atoms with van der Waals surface area (Å²) in [5.41, 5.74) is 3.13. The molecular weight excluding hydrogens is 282 g/mol. The number of benzene rings is 2. The zero-order chi connectivity index (χ0) is 14.8. The molecule has 2 radical (unpaired) electrons. The molecule has 102 valence electrons. The summed E-state index contributed by atoms with van der Waals surface area (Å²) in [5.74, 6) is -0.282. The van der Waals surface area contributed by atoms with Gasteiger partial charge in [0.2, 0.25) is 5.91 Å². The molecule has 0 spiro atoms. The van der Waals surface area contributed by atoms with Gasteiger partial charge in [0.25, 0.3) is 0 Å². The topological polar surface area (TPSA) is 36.1 Å². The van der Waals surface area contributed by atoms with Gasteiger partial charge in [0.15, 0.2) is 0 Å². The second-order valence-electron chi connectivity index (χ2n) is 4.67. The van der Waals surface area contributed by atoms with Crippen molar-refractivity contribution in [3.8, 4) is 0 Å².